The minimum Gasteiger partial charge on any atom is -0.472 e. The first-order chi connectivity index (χ1) is 13.0. The van der Waals surface area contributed by atoms with Crippen LogP contribution in [0.15, 0.2) is 53.3 Å². The van der Waals surface area contributed by atoms with Gasteiger partial charge in [-0.25, -0.2) is 0 Å². The lowest BCUT2D eigenvalue weighted by Crippen LogP contribution is -2.51. The summed E-state index contributed by atoms with van der Waals surface area (Å²) in [7, 11) is 0. The standard InChI is InChI=1S/C21H26N2O4/c1-16(2)12-23(20(24)17-6-4-3-5-7-17)14-19-13-22(9-11-27-19)21(25)18-8-10-26-15-18/h3-8,10,15-16,19H,9,11-14H2,1-2H3. The molecule has 0 saturated carbocycles. The van der Waals surface area contributed by atoms with Gasteiger partial charge in [0.1, 0.15) is 6.26 Å². The van der Waals surface area contributed by atoms with E-state index in [9.17, 15) is 9.59 Å². The molecule has 2 aromatic rings. The SMILES string of the molecule is CC(C)CN(CC1CN(C(=O)c2ccoc2)CCO1)C(=O)c1ccccc1. The number of ether oxygens (including phenoxy) is 1. The van der Waals surface area contributed by atoms with Gasteiger partial charge < -0.3 is 19.0 Å². The minimum absolute atomic E-state index is 0.00816. The second kappa shape index (κ2) is 8.86. The molecule has 1 fully saturated rings. The van der Waals surface area contributed by atoms with Crippen LogP contribution in [0, 0.1) is 5.92 Å². The number of amides is 2. The zero-order valence-corrected chi connectivity index (χ0v) is 15.8. The second-order valence-electron chi connectivity index (χ2n) is 7.23. The van der Waals surface area contributed by atoms with Crippen LogP contribution in [0.3, 0.4) is 0 Å². The molecule has 1 aliphatic rings. The molecule has 1 unspecified atom stereocenters. The summed E-state index contributed by atoms with van der Waals surface area (Å²) < 4.78 is 10.9. The maximum Gasteiger partial charge on any atom is 0.257 e. The summed E-state index contributed by atoms with van der Waals surface area (Å²) in [6.45, 7) is 6.73. The lowest BCUT2D eigenvalue weighted by Gasteiger charge is -2.36. The van der Waals surface area contributed by atoms with Crippen LogP contribution in [0.25, 0.3) is 0 Å². The van der Waals surface area contributed by atoms with Gasteiger partial charge in [-0.3, -0.25) is 9.59 Å². The third-order valence-electron chi connectivity index (χ3n) is 4.51. The number of nitrogens with zero attached hydrogens (tertiary/aromatic N) is 2. The van der Waals surface area contributed by atoms with E-state index in [4.69, 9.17) is 9.15 Å². The molecule has 1 aliphatic heterocycles. The largest absolute Gasteiger partial charge is 0.472 e. The Morgan fingerprint density at radius 3 is 2.63 bits per heavy atom. The zero-order chi connectivity index (χ0) is 19.2. The quantitative estimate of drug-likeness (QED) is 0.784. The van der Waals surface area contributed by atoms with Gasteiger partial charge in [0, 0.05) is 31.7 Å². The van der Waals surface area contributed by atoms with Crippen LogP contribution < -0.4 is 0 Å². The fourth-order valence-corrected chi connectivity index (χ4v) is 3.27. The summed E-state index contributed by atoms with van der Waals surface area (Å²) in [5.74, 6) is 0.262. The highest BCUT2D eigenvalue weighted by molar-refractivity contribution is 5.94. The fourth-order valence-electron chi connectivity index (χ4n) is 3.27. The molecule has 0 N–H and O–H groups in total. The van der Waals surface area contributed by atoms with Gasteiger partial charge in [0.05, 0.1) is 24.5 Å². The van der Waals surface area contributed by atoms with E-state index in [1.165, 1.54) is 12.5 Å². The monoisotopic (exact) mass is 370 g/mol. The summed E-state index contributed by atoms with van der Waals surface area (Å²) in [5, 5.41) is 0. The van der Waals surface area contributed by atoms with E-state index in [2.05, 4.69) is 13.8 Å². The topological polar surface area (TPSA) is 63.0 Å². The molecule has 2 amide bonds. The Morgan fingerprint density at radius 1 is 1.19 bits per heavy atom. The number of hydrogen-bond donors (Lipinski definition) is 0. The highest BCUT2D eigenvalue weighted by Crippen LogP contribution is 2.15. The third kappa shape index (κ3) is 4.98. The molecule has 0 bridgehead atoms. The van der Waals surface area contributed by atoms with Crippen molar-refractivity contribution in [2.24, 2.45) is 5.92 Å². The maximum atomic E-state index is 12.9. The minimum atomic E-state index is -0.207. The molecule has 1 aromatic carbocycles. The molecule has 6 heteroatoms. The van der Waals surface area contributed by atoms with Gasteiger partial charge in [-0.15, -0.1) is 0 Å². The average Bonchev–Trinajstić information content (AvgIpc) is 3.21. The molecule has 6 nitrogen and oxygen atoms in total. The van der Waals surface area contributed by atoms with Gasteiger partial charge in [-0.1, -0.05) is 32.0 Å². The normalized spacial score (nSPS) is 17.1. The molecule has 144 valence electrons. The number of rotatable bonds is 6. The zero-order valence-electron chi connectivity index (χ0n) is 15.8. The Balaban J connectivity index is 1.67. The summed E-state index contributed by atoms with van der Waals surface area (Å²) in [5.41, 5.74) is 1.20. The molecule has 1 saturated heterocycles. The molecular weight excluding hydrogens is 344 g/mol. The van der Waals surface area contributed by atoms with Crippen LogP contribution in [0.1, 0.15) is 34.6 Å². The lowest BCUT2D eigenvalue weighted by atomic mass is 10.1. The van der Waals surface area contributed by atoms with E-state index in [-0.39, 0.29) is 17.9 Å². The van der Waals surface area contributed by atoms with Crippen molar-refractivity contribution >= 4 is 11.8 Å². The van der Waals surface area contributed by atoms with Gasteiger partial charge in [0.25, 0.3) is 11.8 Å². The van der Waals surface area contributed by atoms with Gasteiger partial charge >= 0.3 is 0 Å². The van der Waals surface area contributed by atoms with E-state index >= 15 is 0 Å². The Morgan fingerprint density at radius 2 is 1.96 bits per heavy atom. The van der Waals surface area contributed by atoms with E-state index in [1.807, 2.05) is 35.2 Å². The smallest absolute Gasteiger partial charge is 0.257 e. The van der Waals surface area contributed by atoms with Crippen molar-refractivity contribution in [1.82, 2.24) is 9.80 Å². The van der Waals surface area contributed by atoms with Crippen molar-refractivity contribution in [1.29, 1.82) is 0 Å². The van der Waals surface area contributed by atoms with Gasteiger partial charge in [0.15, 0.2) is 0 Å². The lowest BCUT2D eigenvalue weighted by molar-refractivity contribution is -0.0340. The Hall–Kier alpha value is -2.60. The molecular formula is C21H26N2O4. The third-order valence-corrected chi connectivity index (χ3v) is 4.51. The summed E-state index contributed by atoms with van der Waals surface area (Å²) >= 11 is 0. The first-order valence-electron chi connectivity index (χ1n) is 9.32. The average molecular weight is 370 g/mol. The number of carbonyl (C=O) groups is 2. The van der Waals surface area contributed by atoms with Crippen LogP contribution in [0.2, 0.25) is 0 Å². The van der Waals surface area contributed by atoms with Crippen LogP contribution in [-0.2, 0) is 4.74 Å². The highest BCUT2D eigenvalue weighted by Gasteiger charge is 2.29. The first-order valence-corrected chi connectivity index (χ1v) is 9.32. The predicted molar refractivity (Wildman–Crippen MR) is 102 cm³/mol. The molecule has 0 radical (unpaired) electrons. The molecule has 27 heavy (non-hydrogen) atoms. The fraction of sp³-hybridized carbons (Fsp3) is 0.429. The molecule has 2 heterocycles. The highest BCUT2D eigenvalue weighted by atomic mass is 16.5. The van der Waals surface area contributed by atoms with E-state index in [0.717, 1.165) is 0 Å². The Labute approximate surface area is 159 Å². The maximum absolute atomic E-state index is 12.9. The molecule has 1 aromatic heterocycles. The Bertz CT molecular complexity index is 743. The van der Waals surface area contributed by atoms with Crippen molar-refractivity contribution in [2.75, 3.05) is 32.8 Å². The van der Waals surface area contributed by atoms with Gasteiger partial charge in [-0.2, -0.15) is 0 Å². The van der Waals surface area contributed by atoms with Crippen LogP contribution in [0.5, 0.6) is 0 Å². The van der Waals surface area contributed by atoms with Crippen molar-refractivity contribution < 1.29 is 18.7 Å². The van der Waals surface area contributed by atoms with Crippen LogP contribution >= 0.6 is 0 Å². The van der Waals surface area contributed by atoms with Crippen molar-refractivity contribution in [3.63, 3.8) is 0 Å². The summed E-state index contributed by atoms with van der Waals surface area (Å²) in [4.78, 5) is 29.1. The number of benzene rings is 1. The van der Waals surface area contributed by atoms with Crippen molar-refractivity contribution in [3.05, 3.63) is 60.1 Å². The Kier molecular flexibility index (Phi) is 6.29. The molecule has 0 aliphatic carbocycles. The predicted octanol–water partition coefficient (Wildman–Crippen LogP) is 2.92. The number of carbonyl (C=O) groups excluding carboxylic acids is 2. The molecule has 1 atom stereocenters. The molecule has 0 spiro atoms. The number of hydrogen-bond acceptors (Lipinski definition) is 4. The number of morpholine rings is 1. The van der Waals surface area contributed by atoms with Gasteiger partial charge in [-0.05, 0) is 24.1 Å². The molecule has 3 rings (SSSR count). The first kappa shape index (κ1) is 19.2. The summed E-state index contributed by atoms with van der Waals surface area (Å²) in [6.07, 6.45) is 2.74. The summed E-state index contributed by atoms with van der Waals surface area (Å²) in [6, 6.07) is 10.9. The van der Waals surface area contributed by atoms with Crippen molar-refractivity contribution in [2.45, 2.75) is 20.0 Å². The van der Waals surface area contributed by atoms with Crippen LogP contribution in [-0.4, -0.2) is 60.5 Å². The second-order valence-corrected chi connectivity index (χ2v) is 7.23. The van der Waals surface area contributed by atoms with E-state index in [0.29, 0.717) is 49.8 Å². The van der Waals surface area contributed by atoms with Crippen molar-refractivity contribution in [3.8, 4) is 0 Å². The van der Waals surface area contributed by atoms with Gasteiger partial charge in [0.2, 0.25) is 0 Å². The van der Waals surface area contributed by atoms with E-state index < -0.39 is 0 Å². The number of furan rings is 1. The van der Waals surface area contributed by atoms with E-state index in [1.54, 1.807) is 11.0 Å². The van der Waals surface area contributed by atoms with Crippen LogP contribution in [0.4, 0.5) is 0 Å².